The summed E-state index contributed by atoms with van der Waals surface area (Å²) in [5.74, 6) is 1.68. The van der Waals surface area contributed by atoms with Crippen LogP contribution in [0.4, 0.5) is 0 Å². The van der Waals surface area contributed by atoms with E-state index in [4.69, 9.17) is 0 Å². The fourth-order valence-corrected chi connectivity index (χ4v) is 3.42. The molecule has 0 aromatic rings. The Morgan fingerprint density at radius 2 is 2.22 bits per heavy atom. The Morgan fingerprint density at radius 1 is 1.50 bits per heavy atom. The minimum absolute atomic E-state index is 0.242. The van der Waals surface area contributed by atoms with Gasteiger partial charge in [0.1, 0.15) is 0 Å². The number of aliphatic hydroxyl groups is 1. The molecule has 1 fully saturated rings. The van der Waals surface area contributed by atoms with E-state index in [0.717, 1.165) is 31.3 Å². The van der Waals surface area contributed by atoms with Crippen LogP contribution in [0.15, 0.2) is 23.8 Å². The third kappa shape index (κ3) is 2.92. The van der Waals surface area contributed by atoms with E-state index in [-0.39, 0.29) is 11.9 Å². The average molecular weight is 248 g/mol. The van der Waals surface area contributed by atoms with Gasteiger partial charge in [0.25, 0.3) is 0 Å². The van der Waals surface area contributed by atoms with Gasteiger partial charge in [0.15, 0.2) is 5.78 Å². The monoisotopic (exact) mass is 248 g/mol. The van der Waals surface area contributed by atoms with Gasteiger partial charge < -0.3 is 5.11 Å². The molecule has 2 aliphatic rings. The first-order valence-electron chi connectivity index (χ1n) is 7.07. The maximum absolute atomic E-state index is 11.8. The molecule has 0 spiro atoms. The number of hydrogen-bond donors (Lipinski definition) is 1. The molecule has 100 valence electrons. The van der Waals surface area contributed by atoms with E-state index in [9.17, 15) is 9.90 Å². The molecule has 18 heavy (non-hydrogen) atoms. The number of carbonyl (C=O) groups excluding carboxylic acids is 1. The van der Waals surface area contributed by atoms with E-state index in [1.807, 2.05) is 6.92 Å². The van der Waals surface area contributed by atoms with Crippen LogP contribution in [0.5, 0.6) is 0 Å². The van der Waals surface area contributed by atoms with Gasteiger partial charge in [0.2, 0.25) is 0 Å². The van der Waals surface area contributed by atoms with Crippen LogP contribution in [0.2, 0.25) is 0 Å². The zero-order valence-electron chi connectivity index (χ0n) is 11.5. The van der Waals surface area contributed by atoms with Crippen molar-refractivity contribution in [3.63, 3.8) is 0 Å². The van der Waals surface area contributed by atoms with Crippen LogP contribution in [-0.4, -0.2) is 17.0 Å². The maximum Gasteiger partial charge on any atom is 0.158 e. The van der Waals surface area contributed by atoms with Crippen molar-refractivity contribution in [2.75, 3.05) is 0 Å². The van der Waals surface area contributed by atoms with Gasteiger partial charge in [-0.25, -0.2) is 0 Å². The Kier molecular flexibility index (Phi) is 4.06. The van der Waals surface area contributed by atoms with Crippen LogP contribution in [-0.2, 0) is 4.79 Å². The Balaban J connectivity index is 2.08. The van der Waals surface area contributed by atoms with Gasteiger partial charge in [-0.1, -0.05) is 25.2 Å². The number of hydrogen-bond acceptors (Lipinski definition) is 2. The van der Waals surface area contributed by atoms with Crippen molar-refractivity contribution in [3.8, 4) is 0 Å². The normalized spacial score (nSPS) is 33.9. The molecular weight excluding hydrogens is 224 g/mol. The highest BCUT2D eigenvalue weighted by Crippen LogP contribution is 2.44. The Labute approximate surface area is 110 Å². The van der Waals surface area contributed by atoms with Gasteiger partial charge >= 0.3 is 0 Å². The molecule has 2 heteroatoms. The second-order valence-corrected chi connectivity index (χ2v) is 6.15. The fourth-order valence-electron chi connectivity index (χ4n) is 3.42. The molecule has 2 nitrogen and oxygen atoms in total. The van der Waals surface area contributed by atoms with Crippen LogP contribution < -0.4 is 0 Å². The van der Waals surface area contributed by atoms with E-state index < -0.39 is 0 Å². The van der Waals surface area contributed by atoms with Gasteiger partial charge in [-0.2, -0.15) is 0 Å². The Bertz CT molecular complexity index is 379. The summed E-state index contributed by atoms with van der Waals surface area (Å²) in [4.78, 5) is 11.8. The molecule has 0 aromatic heterocycles. The molecule has 0 radical (unpaired) electrons. The summed E-state index contributed by atoms with van der Waals surface area (Å²) in [5.41, 5.74) is 2.25. The van der Waals surface area contributed by atoms with E-state index in [1.165, 1.54) is 5.57 Å². The van der Waals surface area contributed by atoms with Crippen molar-refractivity contribution in [2.45, 2.75) is 52.1 Å². The van der Waals surface area contributed by atoms with Crippen molar-refractivity contribution in [2.24, 2.45) is 17.8 Å². The molecule has 0 aliphatic heterocycles. The van der Waals surface area contributed by atoms with E-state index >= 15 is 0 Å². The molecule has 0 bridgehead atoms. The highest BCUT2D eigenvalue weighted by molar-refractivity contribution is 5.97. The van der Waals surface area contributed by atoms with Crippen LogP contribution in [0.3, 0.4) is 0 Å². The third-order valence-electron chi connectivity index (χ3n) is 4.38. The molecule has 2 rings (SSSR count). The molecule has 1 unspecified atom stereocenters. The Hall–Kier alpha value is -0.890. The molecule has 0 heterocycles. The standard InChI is InChI=1S/C16H24O2/c1-10-6-13(5-4-11(2)17)8-15-12(3)16(18)9-14(15)7-10/h6,10-11,14-15,17H,3-5,7-9H2,1-2H3/t10-,11?,14-,15-/m1/s1. The molecule has 1 N–H and O–H groups in total. The number of Topliss-reactive ketones (excluding diaryl/α,β-unsaturated/α-hetero) is 1. The van der Waals surface area contributed by atoms with Gasteiger partial charge in [0.05, 0.1) is 6.10 Å². The SMILES string of the molecule is C=C1C(=O)C[C@H]2C[C@H](C)C=C(CCC(C)O)C[C@H]12. The molecular formula is C16H24O2. The number of carbonyl (C=O) groups is 1. The van der Waals surface area contributed by atoms with Crippen molar-refractivity contribution in [1.82, 2.24) is 0 Å². The summed E-state index contributed by atoms with van der Waals surface area (Å²) in [5, 5.41) is 9.40. The van der Waals surface area contributed by atoms with Crippen LogP contribution in [0, 0.1) is 17.8 Å². The summed E-state index contributed by atoms with van der Waals surface area (Å²) in [6.45, 7) is 8.06. The lowest BCUT2D eigenvalue weighted by molar-refractivity contribution is -0.114. The minimum Gasteiger partial charge on any atom is -0.393 e. The average Bonchev–Trinajstić information content (AvgIpc) is 2.48. The third-order valence-corrected chi connectivity index (χ3v) is 4.38. The summed E-state index contributed by atoms with van der Waals surface area (Å²) >= 11 is 0. The largest absolute Gasteiger partial charge is 0.393 e. The molecule has 2 aliphatic carbocycles. The predicted octanol–water partition coefficient (Wildman–Crippen LogP) is 3.27. The first kappa shape index (κ1) is 13.5. The lowest BCUT2D eigenvalue weighted by Gasteiger charge is -2.18. The number of rotatable bonds is 3. The molecule has 4 atom stereocenters. The summed E-state index contributed by atoms with van der Waals surface area (Å²) < 4.78 is 0. The Morgan fingerprint density at radius 3 is 2.89 bits per heavy atom. The number of fused-ring (bicyclic) bond motifs is 1. The van der Waals surface area contributed by atoms with Crippen LogP contribution >= 0.6 is 0 Å². The maximum atomic E-state index is 11.8. The number of allylic oxidation sites excluding steroid dienone is 3. The highest BCUT2D eigenvalue weighted by atomic mass is 16.3. The number of aliphatic hydroxyl groups excluding tert-OH is 1. The van der Waals surface area contributed by atoms with Crippen molar-refractivity contribution in [1.29, 1.82) is 0 Å². The summed E-state index contributed by atoms with van der Waals surface area (Å²) in [7, 11) is 0. The molecule has 0 amide bonds. The van der Waals surface area contributed by atoms with Crippen molar-refractivity contribution in [3.05, 3.63) is 23.8 Å². The van der Waals surface area contributed by atoms with Gasteiger partial charge in [-0.05, 0) is 55.9 Å². The second-order valence-electron chi connectivity index (χ2n) is 6.15. The molecule has 1 saturated carbocycles. The molecule has 0 saturated heterocycles. The first-order chi connectivity index (χ1) is 8.47. The second kappa shape index (κ2) is 5.40. The zero-order chi connectivity index (χ0) is 13.3. The van der Waals surface area contributed by atoms with Gasteiger partial charge in [0, 0.05) is 6.42 Å². The smallest absolute Gasteiger partial charge is 0.158 e. The zero-order valence-corrected chi connectivity index (χ0v) is 11.5. The van der Waals surface area contributed by atoms with E-state index in [0.29, 0.717) is 24.2 Å². The lowest BCUT2D eigenvalue weighted by Crippen LogP contribution is -2.10. The summed E-state index contributed by atoms with van der Waals surface area (Å²) in [6, 6.07) is 0. The topological polar surface area (TPSA) is 37.3 Å². The lowest BCUT2D eigenvalue weighted by atomic mass is 9.86. The van der Waals surface area contributed by atoms with Crippen LogP contribution in [0.1, 0.15) is 46.0 Å². The highest BCUT2D eigenvalue weighted by Gasteiger charge is 2.38. The number of ketones is 1. The van der Waals surface area contributed by atoms with Crippen molar-refractivity contribution >= 4 is 5.78 Å². The van der Waals surface area contributed by atoms with Crippen LogP contribution in [0.25, 0.3) is 0 Å². The van der Waals surface area contributed by atoms with E-state index in [2.05, 4.69) is 19.6 Å². The fraction of sp³-hybridized carbons (Fsp3) is 0.688. The van der Waals surface area contributed by atoms with Crippen molar-refractivity contribution < 1.29 is 9.90 Å². The summed E-state index contributed by atoms with van der Waals surface area (Å²) in [6.07, 6.45) is 6.67. The minimum atomic E-state index is -0.242. The predicted molar refractivity (Wildman–Crippen MR) is 73.1 cm³/mol. The first-order valence-corrected chi connectivity index (χ1v) is 7.07. The molecule has 0 aromatic carbocycles. The van der Waals surface area contributed by atoms with Gasteiger partial charge in [-0.15, -0.1) is 0 Å². The quantitative estimate of drug-likeness (QED) is 0.615. The van der Waals surface area contributed by atoms with E-state index in [1.54, 1.807) is 0 Å². The van der Waals surface area contributed by atoms with Gasteiger partial charge in [-0.3, -0.25) is 4.79 Å².